The van der Waals surface area contributed by atoms with Crippen LogP contribution < -0.4 is 9.47 Å². The molecule has 4 nitrogen and oxygen atoms in total. The predicted molar refractivity (Wildman–Crippen MR) is 98.6 cm³/mol. The van der Waals surface area contributed by atoms with Gasteiger partial charge >= 0.3 is 5.97 Å². The summed E-state index contributed by atoms with van der Waals surface area (Å²) in [7, 11) is 0. The lowest BCUT2D eigenvalue weighted by Crippen LogP contribution is -2.17. The molecule has 0 atom stereocenters. The van der Waals surface area contributed by atoms with Crippen LogP contribution in [0.3, 0.4) is 0 Å². The van der Waals surface area contributed by atoms with Crippen molar-refractivity contribution in [2.24, 2.45) is 0 Å². The molecule has 0 unspecified atom stereocenters. The zero-order valence-electron chi connectivity index (χ0n) is 14.3. The highest BCUT2D eigenvalue weighted by atomic mass is 16.6. The van der Waals surface area contributed by atoms with Crippen LogP contribution in [-0.4, -0.2) is 18.4 Å². The van der Waals surface area contributed by atoms with Crippen molar-refractivity contribution in [3.63, 3.8) is 0 Å². The van der Waals surface area contributed by atoms with Gasteiger partial charge in [0.25, 0.3) is 0 Å². The maximum Gasteiger partial charge on any atom is 0.349 e. The number of hydrogen-bond donors (Lipinski definition) is 0. The monoisotopic (exact) mass is 346 g/mol. The molecule has 0 spiro atoms. The predicted octanol–water partition coefficient (Wildman–Crippen LogP) is 4.21. The molecule has 3 rings (SSSR count). The summed E-state index contributed by atoms with van der Waals surface area (Å²) in [5, 5.41) is 0. The molecule has 0 radical (unpaired) electrons. The summed E-state index contributed by atoms with van der Waals surface area (Å²) in [6, 6.07) is 22.9. The van der Waals surface area contributed by atoms with Crippen LogP contribution in [0.4, 0.5) is 0 Å². The Kier molecular flexibility index (Phi) is 5.44. The van der Waals surface area contributed by atoms with Gasteiger partial charge in [-0.25, -0.2) is 4.79 Å². The smallest absolute Gasteiger partial charge is 0.349 e. The third-order valence-corrected chi connectivity index (χ3v) is 3.76. The Morgan fingerprint density at radius 3 is 1.96 bits per heavy atom. The molecule has 0 N–H and O–H groups in total. The Labute approximate surface area is 152 Å². The fraction of sp³-hybridized carbons (Fsp3) is 0.0909. The van der Waals surface area contributed by atoms with Crippen molar-refractivity contribution >= 4 is 11.8 Å². The first-order chi connectivity index (χ1) is 12.6. The highest BCUT2D eigenvalue weighted by molar-refractivity contribution is 6.09. The average molecular weight is 346 g/mol. The van der Waals surface area contributed by atoms with E-state index in [0.717, 1.165) is 5.56 Å². The summed E-state index contributed by atoms with van der Waals surface area (Å²) in [4.78, 5) is 24.2. The van der Waals surface area contributed by atoms with E-state index in [2.05, 4.69) is 0 Å². The molecule has 0 amide bonds. The SMILES string of the molecule is Cc1ccc(OCC(=O)Oc2ccc(C(=O)c3ccccc3)cc2)cc1. The Balaban J connectivity index is 1.56. The van der Waals surface area contributed by atoms with Crippen molar-refractivity contribution in [3.8, 4) is 11.5 Å². The van der Waals surface area contributed by atoms with Gasteiger partial charge in [0, 0.05) is 11.1 Å². The highest BCUT2D eigenvalue weighted by Crippen LogP contribution is 2.16. The molecular weight excluding hydrogens is 328 g/mol. The molecule has 0 fully saturated rings. The molecule has 0 aliphatic heterocycles. The normalized spacial score (nSPS) is 10.2. The maximum atomic E-state index is 12.3. The van der Waals surface area contributed by atoms with E-state index in [1.165, 1.54) is 0 Å². The summed E-state index contributed by atoms with van der Waals surface area (Å²) < 4.78 is 10.6. The van der Waals surface area contributed by atoms with E-state index in [-0.39, 0.29) is 12.4 Å². The van der Waals surface area contributed by atoms with Gasteiger partial charge in [0.1, 0.15) is 11.5 Å². The second-order valence-corrected chi connectivity index (χ2v) is 5.80. The van der Waals surface area contributed by atoms with Gasteiger partial charge in [-0.3, -0.25) is 4.79 Å². The van der Waals surface area contributed by atoms with Gasteiger partial charge in [-0.05, 0) is 43.3 Å². The Bertz CT molecular complexity index is 882. The topological polar surface area (TPSA) is 52.6 Å². The zero-order valence-corrected chi connectivity index (χ0v) is 14.3. The van der Waals surface area contributed by atoms with E-state index in [9.17, 15) is 9.59 Å². The van der Waals surface area contributed by atoms with Gasteiger partial charge in [0.2, 0.25) is 0 Å². The highest BCUT2D eigenvalue weighted by Gasteiger charge is 2.10. The van der Waals surface area contributed by atoms with Gasteiger partial charge in [-0.1, -0.05) is 48.0 Å². The van der Waals surface area contributed by atoms with E-state index in [1.807, 2.05) is 37.3 Å². The average Bonchev–Trinajstić information content (AvgIpc) is 2.68. The van der Waals surface area contributed by atoms with E-state index in [0.29, 0.717) is 22.6 Å². The molecule has 26 heavy (non-hydrogen) atoms. The van der Waals surface area contributed by atoms with Crippen LogP contribution in [0.2, 0.25) is 0 Å². The van der Waals surface area contributed by atoms with Gasteiger partial charge in [-0.15, -0.1) is 0 Å². The van der Waals surface area contributed by atoms with Crippen LogP contribution in [0.1, 0.15) is 21.5 Å². The molecule has 0 aliphatic rings. The summed E-state index contributed by atoms with van der Waals surface area (Å²) in [5.74, 6) is 0.391. The number of aryl methyl sites for hydroxylation is 1. The van der Waals surface area contributed by atoms with Gasteiger partial charge in [-0.2, -0.15) is 0 Å². The number of ether oxygens (including phenoxy) is 2. The number of carbonyl (C=O) groups is 2. The fourth-order valence-electron chi connectivity index (χ4n) is 2.37. The van der Waals surface area contributed by atoms with Crippen LogP contribution in [-0.2, 0) is 4.79 Å². The van der Waals surface area contributed by atoms with Gasteiger partial charge in [0.05, 0.1) is 0 Å². The maximum absolute atomic E-state index is 12.3. The molecule has 0 heterocycles. The number of benzene rings is 3. The molecule has 0 saturated heterocycles. The standard InChI is InChI=1S/C22H18O4/c1-16-7-11-19(12-8-16)25-15-21(23)26-20-13-9-18(10-14-20)22(24)17-5-3-2-4-6-17/h2-14H,15H2,1H3. The molecule has 3 aromatic rings. The second-order valence-electron chi connectivity index (χ2n) is 5.80. The Morgan fingerprint density at radius 2 is 1.31 bits per heavy atom. The number of hydrogen-bond acceptors (Lipinski definition) is 4. The van der Waals surface area contributed by atoms with E-state index >= 15 is 0 Å². The fourth-order valence-corrected chi connectivity index (χ4v) is 2.37. The number of carbonyl (C=O) groups excluding carboxylic acids is 2. The van der Waals surface area contributed by atoms with Crippen LogP contribution in [0, 0.1) is 6.92 Å². The minimum Gasteiger partial charge on any atom is -0.482 e. The van der Waals surface area contributed by atoms with E-state index in [4.69, 9.17) is 9.47 Å². The first-order valence-electron chi connectivity index (χ1n) is 8.22. The third-order valence-electron chi connectivity index (χ3n) is 3.76. The molecule has 130 valence electrons. The molecule has 0 saturated carbocycles. The first kappa shape index (κ1) is 17.4. The van der Waals surface area contributed by atoms with Crippen LogP contribution in [0.5, 0.6) is 11.5 Å². The third kappa shape index (κ3) is 4.57. The number of rotatable bonds is 6. The van der Waals surface area contributed by atoms with Crippen LogP contribution in [0.15, 0.2) is 78.9 Å². The van der Waals surface area contributed by atoms with E-state index < -0.39 is 5.97 Å². The molecule has 0 bridgehead atoms. The van der Waals surface area contributed by atoms with Gasteiger partial charge < -0.3 is 9.47 Å². The Morgan fingerprint density at radius 1 is 0.731 bits per heavy atom. The van der Waals surface area contributed by atoms with Crippen molar-refractivity contribution in [1.29, 1.82) is 0 Å². The first-order valence-corrected chi connectivity index (χ1v) is 8.22. The molecule has 4 heteroatoms. The van der Waals surface area contributed by atoms with Crippen molar-refractivity contribution in [3.05, 3.63) is 95.6 Å². The largest absolute Gasteiger partial charge is 0.482 e. The van der Waals surface area contributed by atoms with Crippen molar-refractivity contribution in [2.75, 3.05) is 6.61 Å². The lowest BCUT2D eigenvalue weighted by Gasteiger charge is -2.07. The number of esters is 1. The summed E-state index contributed by atoms with van der Waals surface area (Å²) in [5.41, 5.74) is 2.26. The van der Waals surface area contributed by atoms with Crippen molar-refractivity contribution in [1.82, 2.24) is 0 Å². The quantitative estimate of drug-likeness (QED) is 0.381. The summed E-state index contributed by atoms with van der Waals surface area (Å²) >= 11 is 0. The number of ketones is 1. The minimum absolute atomic E-state index is 0.0776. The molecule has 0 aromatic heterocycles. The van der Waals surface area contributed by atoms with E-state index in [1.54, 1.807) is 48.5 Å². The van der Waals surface area contributed by atoms with Crippen LogP contribution in [0.25, 0.3) is 0 Å². The summed E-state index contributed by atoms with van der Waals surface area (Å²) in [6.07, 6.45) is 0. The molecular formula is C22H18O4. The lowest BCUT2D eigenvalue weighted by molar-refractivity contribution is -0.136. The minimum atomic E-state index is -0.507. The Hall–Kier alpha value is -3.40. The van der Waals surface area contributed by atoms with Crippen molar-refractivity contribution < 1.29 is 19.1 Å². The summed E-state index contributed by atoms with van der Waals surface area (Å²) in [6.45, 7) is 1.79. The molecule has 3 aromatic carbocycles. The zero-order chi connectivity index (χ0) is 18.4. The molecule has 0 aliphatic carbocycles. The van der Waals surface area contributed by atoms with Crippen LogP contribution >= 0.6 is 0 Å². The van der Waals surface area contributed by atoms with Crippen molar-refractivity contribution in [2.45, 2.75) is 6.92 Å². The lowest BCUT2D eigenvalue weighted by atomic mass is 10.0. The second kappa shape index (κ2) is 8.12. The van der Waals surface area contributed by atoms with Gasteiger partial charge in [0.15, 0.2) is 12.4 Å².